The van der Waals surface area contributed by atoms with Crippen molar-refractivity contribution in [3.8, 4) is 29.4 Å². The number of carbonyl (C=O) groups is 1. The van der Waals surface area contributed by atoms with E-state index in [1.54, 1.807) is 54.6 Å². The molecule has 1 unspecified atom stereocenters. The minimum atomic E-state index is -1.03. The van der Waals surface area contributed by atoms with Gasteiger partial charge in [0, 0.05) is 11.1 Å². The molecule has 4 rings (SSSR count). The van der Waals surface area contributed by atoms with Crippen LogP contribution in [0, 0.1) is 11.3 Å². The van der Waals surface area contributed by atoms with Crippen molar-refractivity contribution in [3.05, 3.63) is 74.1 Å². The van der Waals surface area contributed by atoms with Gasteiger partial charge in [-0.3, -0.25) is 0 Å². The molecule has 1 heterocycles. The number of aromatic hydroxyl groups is 1. The first-order valence-corrected chi connectivity index (χ1v) is 11.4. The molecular formula is C23H15Br2ClN2O6. The lowest BCUT2D eigenvalue weighted by molar-refractivity contribution is -0.144. The van der Waals surface area contributed by atoms with Gasteiger partial charge in [-0.15, -0.1) is 0 Å². The predicted molar refractivity (Wildman–Crippen MR) is 131 cm³/mol. The third-order valence-electron chi connectivity index (χ3n) is 4.17. The number of aliphatic carboxylic acids is 1. The SMILES string of the molecule is CC(Oc1ccc(Oc2nc3ccc(Cl)cc3o2)cc1)C(=O)O.N#Cc1cc(Br)c(O)c(Br)c1. The summed E-state index contributed by atoms with van der Waals surface area (Å²) in [5.41, 5.74) is 1.67. The molecule has 3 aromatic carbocycles. The molecule has 174 valence electrons. The number of phenols is 1. The minimum Gasteiger partial charge on any atom is -0.506 e. The molecule has 0 saturated carbocycles. The van der Waals surface area contributed by atoms with Crippen molar-refractivity contribution in [1.29, 1.82) is 5.26 Å². The lowest BCUT2D eigenvalue weighted by Crippen LogP contribution is -2.22. The molecule has 0 aliphatic heterocycles. The summed E-state index contributed by atoms with van der Waals surface area (Å²) < 4.78 is 17.2. The van der Waals surface area contributed by atoms with E-state index < -0.39 is 12.1 Å². The summed E-state index contributed by atoms with van der Waals surface area (Å²) in [7, 11) is 0. The van der Waals surface area contributed by atoms with Crippen LogP contribution in [-0.4, -0.2) is 27.3 Å². The van der Waals surface area contributed by atoms with E-state index in [2.05, 4.69) is 36.8 Å². The summed E-state index contributed by atoms with van der Waals surface area (Å²) in [5.74, 6) is -0.00552. The third-order valence-corrected chi connectivity index (χ3v) is 5.61. The molecule has 8 nitrogen and oxygen atoms in total. The lowest BCUT2D eigenvalue weighted by atomic mass is 10.2. The Hall–Kier alpha value is -3.26. The van der Waals surface area contributed by atoms with E-state index in [9.17, 15) is 9.90 Å². The number of hydrogen-bond donors (Lipinski definition) is 2. The van der Waals surface area contributed by atoms with Gasteiger partial charge in [-0.2, -0.15) is 10.2 Å². The molecular weight excluding hydrogens is 596 g/mol. The molecule has 1 atom stereocenters. The predicted octanol–water partition coefficient (Wildman–Crippen LogP) is 6.91. The van der Waals surface area contributed by atoms with E-state index in [4.69, 9.17) is 35.9 Å². The summed E-state index contributed by atoms with van der Waals surface area (Å²) in [4.78, 5) is 14.9. The molecule has 1 aromatic heterocycles. The van der Waals surface area contributed by atoms with E-state index >= 15 is 0 Å². The van der Waals surface area contributed by atoms with Crippen LogP contribution in [0.1, 0.15) is 12.5 Å². The molecule has 0 fully saturated rings. The number of carboxylic acids is 1. The van der Waals surface area contributed by atoms with Crippen molar-refractivity contribution >= 4 is 60.5 Å². The standard InChI is InChI=1S/C16H12ClNO5.C7H3Br2NO/c1-9(15(19)20)21-11-3-5-12(6-4-11)22-16-18-13-7-2-10(17)8-14(13)23-16;8-5-1-4(3-10)2-6(9)7(5)11/h2-9H,1H3,(H,19,20);1-2,11H. The van der Waals surface area contributed by atoms with Gasteiger partial charge in [0.15, 0.2) is 11.7 Å². The highest BCUT2D eigenvalue weighted by Gasteiger charge is 2.13. The lowest BCUT2D eigenvalue weighted by Gasteiger charge is -2.10. The fourth-order valence-corrected chi connectivity index (χ4v) is 3.84. The molecule has 0 aliphatic rings. The van der Waals surface area contributed by atoms with Gasteiger partial charge < -0.3 is 24.1 Å². The smallest absolute Gasteiger partial charge is 0.400 e. The third kappa shape index (κ3) is 6.63. The van der Waals surface area contributed by atoms with Crippen LogP contribution in [0.3, 0.4) is 0 Å². The molecule has 34 heavy (non-hydrogen) atoms. The second-order valence-corrected chi connectivity index (χ2v) is 8.81. The Balaban J connectivity index is 0.000000248. The molecule has 0 amide bonds. The van der Waals surface area contributed by atoms with Crippen molar-refractivity contribution in [2.75, 3.05) is 0 Å². The Labute approximate surface area is 215 Å². The Morgan fingerprint density at radius 2 is 1.74 bits per heavy atom. The maximum atomic E-state index is 10.7. The van der Waals surface area contributed by atoms with E-state index in [1.165, 1.54) is 6.92 Å². The van der Waals surface area contributed by atoms with Crippen LogP contribution in [0.4, 0.5) is 0 Å². The monoisotopic (exact) mass is 608 g/mol. The average molecular weight is 611 g/mol. The van der Waals surface area contributed by atoms with Crippen molar-refractivity contribution in [2.24, 2.45) is 0 Å². The zero-order chi connectivity index (χ0) is 24.8. The maximum Gasteiger partial charge on any atom is 0.400 e. The fourth-order valence-electron chi connectivity index (χ4n) is 2.49. The second-order valence-electron chi connectivity index (χ2n) is 6.66. The summed E-state index contributed by atoms with van der Waals surface area (Å²) in [6.07, 6.45) is -0.835. The van der Waals surface area contributed by atoms with Crippen LogP contribution in [0.2, 0.25) is 5.02 Å². The molecule has 0 spiro atoms. The molecule has 0 saturated heterocycles. The molecule has 2 N–H and O–H groups in total. The number of hydrogen-bond acceptors (Lipinski definition) is 7. The molecule has 0 radical (unpaired) electrons. The molecule has 11 heteroatoms. The highest BCUT2D eigenvalue weighted by molar-refractivity contribution is 9.11. The number of rotatable bonds is 5. The van der Waals surface area contributed by atoms with Gasteiger partial charge in [0.1, 0.15) is 22.8 Å². The van der Waals surface area contributed by atoms with Crippen LogP contribution < -0.4 is 9.47 Å². The van der Waals surface area contributed by atoms with Crippen LogP contribution >= 0.6 is 43.5 Å². The number of benzene rings is 3. The molecule has 4 aromatic rings. The van der Waals surface area contributed by atoms with Crippen molar-refractivity contribution < 1.29 is 28.9 Å². The number of ether oxygens (including phenoxy) is 2. The Morgan fingerprint density at radius 3 is 2.32 bits per heavy atom. The summed E-state index contributed by atoms with van der Waals surface area (Å²) in [6, 6.07) is 16.7. The largest absolute Gasteiger partial charge is 0.506 e. The van der Waals surface area contributed by atoms with E-state index in [0.717, 1.165) is 0 Å². The minimum absolute atomic E-state index is 0.0924. The zero-order valence-electron chi connectivity index (χ0n) is 17.3. The van der Waals surface area contributed by atoms with Gasteiger partial charge in [0.2, 0.25) is 0 Å². The zero-order valence-corrected chi connectivity index (χ0v) is 21.3. The first-order valence-electron chi connectivity index (χ1n) is 9.48. The summed E-state index contributed by atoms with van der Waals surface area (Å²) in [6.45, 7) is 1.45. The number of carboxylic acid groups (broad SMARTS) is 1. The number of nitriles is 1. The van der Waals surface area contributed by atoms with Crippen LogP contribution in [0.25, 0.3) is 11.1 Å². The summed E-state index contributed by atoms with van der Waals surface area (Å²) >= 11 is 12.1. The second kappa shape index (κ2) is 11.2. The average Bonchev–Trinajstić information content (AvgIpc) is 3.20. The van der Waals surface area contributed by atoms with Gasteiger partial charge in [-0.1, -0.05) is 11.6 Å². The molecule has 0 aliphatic carbocycles. The van der Waals surface area contributed by atoms with E-state index in [-0.39, 0.29) is 11.8 Å². The summed E-state index contributed by atoms with van der Waals surface area (Å²) in [5, 5.41) is 27.1. The quantitative estimate of drug-likeness (QED) is 0.250. The Morgan fingerprint density at radius 1 is 1.12 bits per heavy atom. The van der Waals surface area contributed by atoms with E-state index in [0.29, 0.717) is 42.1 Å². The van der Waals surface area contributed by atoms with Gasteiger partial charge >= 0.3 is 12.0 Å². The first-order chi connectivity index (χ1) is 16.2. The number of aromatic nitrogens is 1. The highest BCUT2D eigenvalue weighted by atomic mass is 79.9. The topological polar surface area (TPSA) is 126 Å². The number of nitrogens with zero attached hydrogens (tertiary/aromatic N) is 2. The van der Waals surface area contributed by atoms with Gasteiger partial charge in [0.05, 0.1) is 20.6 Å². The van der Waals surface area contributed by atoms with Gasteiger partial charge in [0.25, 0.3) is 0 Å². The number of phenolic OH excluding ortho intramolecular Hbond substituents is 1. The van der Waals surface area contributed by atoms with Crippen LogP contribution in [0.15, 0.2) is 68.0 Å². The van der Waals surface area contributed by atoms with Crippen LogP contribution in [0.5, 0.6) is 23.3 Å². The first kappa shape index (κ1) is 25.4. The van der Waals surface area contributed by atoms with Gasteiger partial charge in [-0.25, -0.2) is 4.79 Å². The number of halogens is 3. The maximum absolute atomic E-state index is 10.7. The Kier molecular flexibility index (Phi) is 8.39. The number of oxazole rings is 1. The normalized spacial score (nSPS) is 11.1. The van der Waals surface area contributed by atoms with Crippen LogP contribution in [-0.2, 0) is 4.79 Å². The van der Waals surface area contributed by atoms with Crippen molar-refractivity contribution in [3.63, 3.8) is 0 Å². The van der Waals surface area contributed by atoms with Crippen molar-refractivity contribution in [2.45, 2.75) is 13.0 Å². The fraction of sp³-hybridized carbons (Fsp3) is 0.0870. The van der Waals surface area contributed by atoms with E-state index in [1.807, 2.05) is 6.07 Å². The number of fused-ring (bicyclic) bond motifs is 1. The highest BCUT2D eigenvalue weighted by Crippen LogP contribution is 2.33. The Bertz CT molecular complexity index is 1350. The van der Waals surface area contributed by atoms with Gasteiger partial charge in [-0.05, 0) is 87.3 Å². The molecule has 0 bridgehead atoms. The van der Waals surface area contributed by atoms with Crippen molar-refractivity contribution in [1.82, 2.24) is 4.98 Å².